The first-order valence-electron chi connectivity index (χ1n) is 11.4. The molecule has 0 unspecified atom stereocenters. The van der Waals surface area contributed by atoms with Crippen LogP contribution in [0, 0.1) is 0 Å². The van der Waals surface area contributed by atoms with Crippen molar-refractivity contribution < 1.29 is 14.7 Å². The van der Waals surface area contributed by atoms with Crippen molar-refractivity contribution in [3.63, 3.8) is 0 Å². The Morgan fingerprint density at radius 1 is 1.05 bits per heavy atom. The summed E-state index contributed by atoms with van der Waals surface area (Å²) >= 11 is 12.1. The third-order valence-electron chi connectivity index (χ3n) is 6.08. The molecule has 0 aliphatic rings. The van der Waals surface area contributed by atoms with Crippen LogP contribution >= 0.6 is 23.2 Å². The molecular formula is C26H20Cl2N6O5. The zero-order valence-electron chi connectivity index (χ0n) is 20.3. The zero-order valence-corrected chi connectivity index (χ0v) is 21.8. The Labute approximate surface area is 230 Å². The molecule has 0 saturated heterocycles. The van der Waals surface area contributed by atoms with E-state index in [1.165, 1.54) is 35.9 Å². The Bertz CT molecular complexity index is 1750. The fourth-order valence-electron chi connectivity index (χ4n) is 4.11. The third kappa shape index (κ3) is 5.65. The highest BCUT2D eigenvalue weighted by molar-refractivity contribution is 6.39. The molecule has 11 nitrogen and oxygen atoms in total. The number of carboxylic acid groups (broad SMARTS) is 1. The van der Waals surface area contributed by atoms with Crippen molar-refractivity contribution in [3.8, 4) is 5.69 Å². The van der Waals surface area contributed by atoms with Crippen LogP contribution in [0.25, 0.3) is 27.0 Å². The molecule has 0 saturated carbocycles. The van der Waals surface area contributed by atoms with E-state index >= 15 is 0 Å². The number of carboxylic acids is 1. The average molecular weight is 567 g/mol. The molecule has 4 aromatic rings. The molecule has 13 heteroatoms. The number of halogens is 2. The molecule has 1 heterocycles. The van der Waals surface area contributed by atoms with E-state index in [9.17, 15) is 24.3 Å². The first-order chi connectivity index (χ1) is 18.6. The van der Waals surface area contributed by atoms with Crippen molar-refractivity contribution in [2.24, 2.45) is 12.2 Å². The number of nitrogens with one attached hydrogen (secondary N) is 1. The van der Waals surface area contributed by atoms with Gasteiger partial charge in [0, 0.05) is 18.4 Å². The predicted octanol–water partition coefficient (Wildman–Crippen LogP) is 4.23. The normalized spacial score (nSPS) is 11.6. The van der Waals surface area contributed by atoms with Gasteiger partial charge in [-0.05, 0) is 53.1 Å². The van der Waals surface area contributed by atoms with E-state index in [2.05, 4.69) is 15.3 Å². The summed E-state index contributed by atoms with van der Waals surface area (Å²) in [5, 5.41) is 16.1. The number of fused-ring (bicyclic) bond motifs is 1. The second-order valence-corrected chi connectivity index (χ2v) is 9.37. The second kappa shape index (κ2) is 11.4. The van der Waals surface area contributed by atoms with Crippen LogP contribution in [0.2, 0.25) is 10.0 Å². The molecule has 2 N–H and O–H groups in total. The summed E-state index contributed by atoms with van der Waals surface area (Å²) in [5.41, 5.74) is 9.24. The summed E-state index contributed by atoms with van der Waals surface area (Å²) in [5.74, 6) is -2.01. The van der Waals surface area contributed by atoms with Crippen LogP contribution in [-0.2, 0) is 24.8 Å². The number of hydrogen-bond acceptors (Lipinski definition) is 5. The standard InChI is InChI=1S/C26H20Cl2N6O5/c1-33-21-10-7-15(13-30-32-29)11-17(21)24(36)34(26(33)39)16-8-5-14(6-9-16)12-20(25(37)38)31-23(35)22-18(27)3-2-4-19(22)28/h2-11,20H,12-13H2,1H3,(H,31,35)(H,37,38)/t20-/m0/s1. The van der Waals surface area contributed by atoms with Gasteiger partial charge in [0.05, 0.1) is 38.7 Å². The molecule has 39 heavy (non-hydrogen) atoms. The molecule has 0 aliphatic heterocycles. The van der Waals surface area contributed by atoms with Gasteiger partial charge in [0.25, 0.3) is 11.5 Å². The largest absolute Gasteiger partial charge is 0.480 e. The highest BCUT2D eigenvalue weighted by Gasteiger charge is 2.24. The molecule has 198 valence electrons. The minimum atomic E-state index is -1.30. The minimum Gasteiger partial charge on any atom is -0.480 e. The maximum Gasteiger partial charge on any atom is 0.335 e. The topological polar surface area (TPSA) is 159 Å². The quantitative estimate of drug-likeness (QED) is 0.185. The van der Waals surface area contributed by atoms with E-state index in [1.807, 2.05) is 0 Å². The first-order valence-corrected chi connectivity index (χ1v) is 12.2. The number of benzene rings is 3. The lowest BCUT2D eigenvalue weighted by atomic mass is 10.0. The Balaban J connectivity index is 1.64. The van der Waals surface area contributed by atoms with Crippen molar-refractivity contribution >= 4 is 46.0 Å². The summed E-state index contributed by atoms with van der Waals surface area (Å²) in [4.78, 5) is 53.6. The maximum absolute atomic E-state index is 13.3. The number of carbonyl (C=O) groups excluding carboxylic acids is 1. The molecule has 4 rings (SSSR count). The van der Waals surface area contributed by atoms with Crippen molar-refractivity contribution in [1.82, 2.24) is 14.5 Å². The van der Waals surface area contributed by atoms with E-state index < -0.39 is 29.2 Å². The van der Waals surface area contributed by atoms with Gasteiger partial charge in [0.2, 0.25) is 0 Å². The molecular weight excluding hydrogens is 547 g/mol. The smallest absolute Gasteiger partial charge is 0.335 e. The first kappa shape index (κ1) is 27.5. The van der Waals surface area contributed by atoms with E-state index in [-0.39, 0.29) is 39.6 Å². The lowest BCUT2D eigenvalue weighted by Gasteiger charge is -2.16. The summed E-state index contributed by atoms with van der Waals surface area (Å²) in [6, 6.07) is 14.2. The fraction of sp³-hybridized carbons (Fsp3) is 0.154. The fourth-order valence-corrected chi connectivity index (χ4v) is 4.68. The van der Waals surface area contributed by atoms with Crippen LogP contribution < -0.4 is 16.6 Å². The highest BCUT2D eigenvalue weighted by Crippen LogP contribution is 2.24. The van der Waals surface area contributed by atoms with Gasteiger partial charge in [-0.2, -0.15) is 0 Å². The maximum atomic E-state index is 13.3. The van der Waals surface area contributed by atoms with Crippen molar-refractivity contribution in [3.05, 3.63) is 119 Å². The van der Waals surface area contributed by atoms with Crippen molar-refractivity contribution in [2.75, 3.05) is 0 Å². The number of azide groups is 1. The molecule has 0 spiro atoms. The molecule has 0 bridgehead atoms. The second-order valence-electron chi connectivity index (χ2n) is 8.55. The molecule has 0 fully saturated rings. The summed E-state index contributed by atoms with van der Waals surface area (Å²) < 4.78 is 2.33. The van der Waals surface area contributed by atoms with Gasteiger partial charge >= 0.3 is 11.7 Å². The Morgan fingerprint density at radius 3 is 2.31 bits per heavy atom. The van der Waals surface area contributed by atoms with Crippen LogP contribution in [0.4, 0.5) is 0 Å². The predicted molar refractivity (Wildman–Crippen MR) is 147 cm³/mol. The molecule has 0 radical (unpaired) electrons. The Hall–Kier alpha value is -4.57. The third-order valence-corrected chi connectivity index (χ3v) is 6.71. The summed E-state index contributed by atoms with van der Waals surface area (Å²) in [7, 11) is 1.54. The van der Waals surface area contributed by atoms with Crippen LogP contribution in [0.5, 0.6) is 0 Å². The van der Waals surface area contributed by atoms with Crippen molar-refractivity contribution in [1.29, 1.82) is 0 Å². The monoisotopic (exact) mass is 566 g/mol. The number of rotatable bonds is 8. The molecule has 1 aromatic heterocycles. The Kier molecular flexibility index (Phi) is 8.06. The van der Waals surface area contributed by atoms with Crippen molar-refractivity contribution in [2.45, 2.75) is 19.0 Å². The molecule has 0 aliphatic carbocycles. The van der Waals surface area contributed by atoms with Gasteiger partial charge < -0.3 is 10.4 Å². The highest BCUT2D eigenvalue weighted by atomic mass is 35.5. The van der Waals surface area contributed by atoms with Gasteiger partial charge in [-0.3, -0.25) is 14.2 Å². The minimum absolute atomic E-state index is 0.0310. The van der Waals surface area contributed by atoms with Gasteiger partial charge in [0.1, 0.15) is 6.04 Å². The van der Waals surface area contributed by atoms with E-state index in [0.717, 1.165) is 4.57 Å². The number of nitrogens with zero attached hydrogens (tertiary/aromatic N) is 5. The van der Waals surface area contributed by atoms with Crippen LogP contribution in [-0.4, -0.2) is 32.2 Å². The number of amides is 1. The average Bonchev–Trinajstić information content (AvgIpc) is 2.91. The summed E-state index contributed by atoms with van der Waals surface area (Å²) in [6.07, 6.45) is -0.0865. The number of hydrogen-bond donors (Lipinski definition) is 2. The van der Waals surface area contributed by atoms with E-state index in [4.69, 9.17) is 28.7 Å². The lowest BCUT2D eigenvalue weighted by Crippen LogP contribution is -2.42. The van der Waals surface area contributed by atoms with Crippen LogP contribution in [0.3, 0.4) is 0 Å². The lowest BCUT2D eigenvalue weighted by molar-refractivity contribution is -0.139. The molecule has 1 atom stereocenters. The number of aliphatic carboxylic acids is 1. The number of aromatic nitrogens is 2. The molecule has 1 amide bonds. The molecule has 3 aromatic carbocycles. The van der Waals surface area contributed by atoms with Gasteiger partial charge in [-0.15, -0.1) is 0 Å². The van der Waals surface area contributed by atoms with E-state index in [1.54, 1.807) is 36.4 Å². The van der Waals surface area contributed by atoms with Crippen LogP contribution in [0.1, 0.15) is 21.5 Å². The number of carbonyl (C=O) groups is 2. The van der Waals surface area contributed by atoms with Crippen LogP contribution in [0.15, 0.2) is 75.4 Å². The SMILES string of the molecule is Cn1c(=O)n(-c2ccc(C[C@H](NC(=O)c3c(Cl)cccc3Cl)C(=O)O)cc2)c(=O)c2cc(CN=[N+]=[N-])ccc21. The van der Waals surface area contributed by atoms with Gasteiger partial charge in [-0.25, -0.2) is 14.2 Å². The summed E-state index contributed by atoms with van der Waals surface area (Å²) in [6.45, 7) is 0.0490. The Morgan fingerprint density at radius 2 is 1.69 bits per heavy atom. The van der Waals surface area contributed by atoms with Gasteiger partial charge in [-0.1, -0.05) is 52.6 Å². The van der Waals surface area contributed by atoms with Gasteiger partial charge in [0.15, 0.2) is 0 Å². The zero-order chi connectivity index (χ0) is 28.3. The van der Waals surface area contributed by atoms with E-state index in [0.29, 0.717) is 16.6 Å². The number of aryl methyl sites for hydroxylation is 1.